The molecule has 10 rings (SSSR count). The lowest BCUT2D eigenvalue weighted by molar-refractivity contribution is 0.669. The van der Waals surface area contributed by atoms with E-state index in [2.05, 4.69) is 176 Å². The zero-order chi connectivity index (χ0) is 35.1. The van der Waals surface area contributed by atoms with Crippen molar-refractivity contribution in [1.82, 2.24) is 15.0 Å². The van der Waals surface area contributed by atoms with E-state index >= 15 is 0 Å². The molecule has 4 heteroatoms. The molecule has 2 aromatic heterocycles. The highest BCUT2D eigenvalue weighted by molar-refractivity contribution is 6.14. The van der Waals surface area contributed by atoms with Gasteiger partial charge >= 0.3 is 0 Å². The van der Waals surface area contributed by atoms with Crippen LogP contribution >= 0.6 is 0 Å². The Labute approximate surface area is 306 Å². The van der Waals surface area contributed by atoms with E-state index in [1.807, 2.05) is 12.1 Å². The van der Waals surface area contributed by atoms with Crippen LogP contribution in [-0.2, 0) is 0 Å². The van der Waals surface area contributed by atoms with Gasteiger partial charge in [0.25, 0.3) is 0 Å². The summed E-state index contributed by atoms with van der Waals surface area (Å²) in [5, 5.41) is 4.35. The molecule has 0 aliphatic rings. The number of fused-ring (bicyclic) bond motifs is 4. The fraction of sp³-hybridized carbons (Fsp3) is 0. The van der Waals surface area contributed by atoms with Crippen LogP contribution in [0.25, 0.3) is 100 Å². The van der Waals surface area contributed by atoms with Crippen molar-refractivity contribution in [3.05, 3.63) is 188 Å². The predicted molar refractivity (Wildman–Crippen MR) is 217 cm³/mol. The standard InChI is InChI=1S/C49H31N3O/c1-4-13-32(14-5-1)34-23-25-37(26-24-34)47-50-48(52-49(51-47)41-22-12-20-35-19-10-11-21-40(35)41)38-27-28-42-44(30-38)53-45-31-39(33-15-6-2-7-16-33)29-43(46(42)45)36-17-8-3-9-18-36/h1-31H. The molecule has 0 radical (unpaired) electrons. The zero-order valence-corrected chi connectivity index (χ0v) is 28.6. The third kappa shape index (κ3) is 5.63. The summed E-state index contributed by atoms with van der Waals surface area (Å²) in [6, 6.07) is 65.1. The van der Waals surface area contributed by atoms with Crippen LogP contribution in [0.1, 0.15) is 0 Å². The third-order valence-corrected chi connectivity index (χ3v) is 9.94. The molecule has 0 bridgehead atoms. The van der Waals surface area contributed by atoms with E-state index in [1.165, 1.54) is 0 Å². The maximum absolute atomic E-state index is 6.71. The SMILES string of the molecule is c1ccc(-c2ccc(-c3nc(-c4ccc5c(c4)oc4cc(-c6ccccc6)cc(-c6ccccc6)c45)nc(-c4cccc5ccccc45)n3)cc2)cc1. The molecule has 0 atom stereocenters. The van der Waals surface area contributed by atoms with E-state index < -0.39 is 0 Å². The molecule has 0 saturated carbocycles. The Hall–Kier alpha value is -7.17. The first-order valence-electron chi connectivity index (χ1n) is 17.8. The zero-order valence-electron chi connectivity index (χ0n) is 28.6. The van der Waals surface area contributed by atoms with Crippen molar-refractivity contribution in [3.63, 3.8) is 0 Å². The summed E-state index contributed by atoms with van der Waals surface area (Å²) in [4.78, 5) is 15.3. The maximum Gasteiger partial charge on any atom is 0.164 e. The van der Waals surface area contributed by atoms with Gasteiger partial charge in [0.05, 0.1) is 0 Å². The summed E-state index contributed by atoms with van der Waals surface area (Å²) < 4.78 is 6.71. The van der Waals surface area contributed by atoms with Gasteiger partial charge in [-0.3, -0.25) is 0 Å². The minimum atomic E-state index is 0.584. The molecule has 0 N–H and O–H groups in total. The van der Waals surface area contributed by atoms with Crippen LogP contribution in [0.4, 0.5) is 0 Å². The van der Waals surface area contributed by atoms with Crippen molar-refractivity contribution in [2.45, 2.75) is 0 Å². The van der Waals surface area contributed by atoms with Gasteiger partial charge in [-0.15, -0.1) is 0 Å². The highest BCUT2D eigenvalue weighted by Crippen LogP contribution is 2.41. The van der Waals surface area contributed by atoms with Crippen LogP contribution in [0.3, 0.4) is 0 Å². The van der Waals surface area contributed by atoms with Gasteiger partial charge in [-0.05, 0) is 68.4 Å². The number of hydrogen-bond donors (Lipinski definition) is 0. The largest absolute Gasteiger partial charge is 0.456 e. The Morgan fingerprint density at radius 2 is 0.830 bits per heavy atom. The highest BCUT2D eigenvalue weighted by atomic mass is 16.3. The van der Waals surface area contributed by atoms with Crippen LogP contribution in [-0.4, -0.2) is 15.0 Å². The molecule has 0 saturated heterocycles. The third-order valence-electron chi connectivity index (χ3n) is 9.94. The molecule has 0 aliphatic heterocycles. The number of nitrogens with zero attached hydrogens (tertiary/aromatic N) is 3. The lowest BCUT2D eigenvalue weighted by Gasteiger charge is -2.11. The summed E-state index contributed by atoms with van der Waals surface area (Å²) >= 11 is 0. The number of rotatable bonds is 6. The van der Waals surface area contributed by atoms with Crippen LogP contribution < -0.4 is 0 Å². The van der Waals surface area contributed by atoms with Gasteiger partial charge in [0.2, 0.25) is 0 Å². The highest BCUT2D eigenvalue weighted by Gasteiger charge is 2.19. The molecule has 53 heavy (non-hydrogen) atoms. The molecule has 0 unspecified atom stereocenters. The first-order valence-corrected chi connectivity index (χ1v) is 17.8. The molecular formula is C49H31N3O. The van der Waals surface area contributed by atoms with Crippen molar-refractivity contribution >= 4 is 32.7 Å². The Kier molecular flexibility index (Phi) is 7.43. The van der Waals surface area contributed by atoms with E-state index in [9.17, 15) is 0 Å². The second-order valence-electron chi connectivity index (χ2n) is 13.2. The lowest BCUT2D eigenvalue weighted by Crippen LogP contribution is -2.00. The second-order valence-corrected chi connectivity index (χ2v) is 13.2. The van der Waals surface area contributed by atoms with Gasteiger partial charge in [-0.25, -0.2) is 15.0 Å². The van der Waals surface area contributed by atoms with Crippen molar-refractivity contribution in [3.8, 4) is 67.5 Å². The van der Waals surface area contributed by atoms with Gasteiger partial charge in [0, 0.05) is 27.5 Å². The second kappa shape index (κ2) is 12.9. The van der Waals surface area contributed by atoms with Crippen molar-refractivity contribution in [2.24, 2.45) is 0 Å². The van der Waals surface area contributed by atoms with E-state index in [0.717, 1.165) is 82.8 Å². The van der Waals surface area contributed by atoms with Crippen LogP contribution in [0.2, 0.25) is 0 Å². The minimum absolute atomic E-state index is 0.584. The van der Waals surface area contributed by atoms with E-state index in [1.54, 1.807) is 0 Å². The molecule has 10 aromatic rings. The topological polar surface area (TPSA) is 51.8 Å². The van der Waals surface area contributed by atoms with Gasteiger partial charge < -0.3 is 4.42 Å². The number of aromatic nitrogens is 3. The molecule has 0 spiro atoms. The van der Waals surface area contributed by atoms with Crippen LogP contribution in [0, 0.1) is 0 Å². The lowest BCUT2D eigenvalue weighted by atomic mass is 9.94. The summed E-state index contributed by atoms with van der Waals surface area (Å²) in [7, 11) is 0. The molecule has 0 fully saturated rings. The Morgan fingerprint density at radius 1 is 0.302 bits per heavy atom. The number of benzene rings is 8. The first kappa shape index (κ1) is 30.6. The molecule has 2 heterocycles. The summed E-state index contributed by atoms with van der Waals surface area (Å²) in [6.45, 7) is 0. The Balaban J connectivity index is 1.15. The normalized spacial score (nSPS) is 11.4. The van der Waals surface area contributed by atoms with Gasteiger partial charge in [0.1, 0.15) is 11.2 Å². The summed E-state index contributed by atoms with van der Waals surface area (Å²) in [5.74, 6) is 1.82. The molecule has 0 amide bonds. The number of hydrogen-bond acceptors (Lipinski definition) is 4. The quantitative estimate of drug-likeness (QED) is 0.176. The van der Waals surface area contributed by atoms with Crippen molar-refractivity contribution in [2.75, 3.05) is 0 Å². The van der Waals surface area contributed by atoms with Crippen molar-refractivity contribution < 1.29 is 4.42 Å². The molecule has 4 nitrogen and oxygen atoms in total. The predicted octanol–water partition coefficient (Wildman–Crippen LogP) is 12.9. The fourth-order valence-corrected chi connectivity index (χ4v) is 7.30. The van der Waals surface area contributed by atoms with Gasteiger partial charge in [-0.2, -0.15) is 0 Å². The minimum Gasteiger partial charge on any atom is -0.456 e. The number of furan rings is 1. The van der Waals surface area contributed by atoms with Crippen molar-refractivity contribution in [1.29, 1.82) is 0 Å². The fourth-order valence-electron chi connectivity index (χ4n) is 7.30. The summed E-state index contributed by atoms with van der Waals surface area (Å²) in [6.07, 6.45) is 0. The smallest absolute Gasteiger partial charge is 0.164 e. The van der Waals surface area contributed by atoms with Crippen LogP contribution in [0.15, 0.2) is 192 Å². The maximum atomic E-state index is 6.71. The molecule has 248 valence electrons. The monoisotopic (exact) mass is 677 g/mol. The average Bonchev–Trinajstić information content (AvgIpc) is 3.62. The Morgan fingerprint density at radius 3 is 1.57 bits per heavy atom. The molecule has 0 aliphatic carbocycles. The summed E-state index contributed by atoms with van der Waals surface area (Å²) in [5.41, 5.74) is 11.2. The first-order chi connectivity index (χ1) is 26.2. The van der Waals surface area contributed by atoms with Gasteiger partial charge in [0.15, 0.2) is 17.5 Å². The van der Waals surface area contributed by atoms with E-state index in [-0.39, 0.29) is 0 Å². The van der Waals surface area contributed by atoms with Crippen LogP contribution in [0.5, 0.6) is 0 Å². The van der Waals surface area contributed by atoms with E-state index in [4.69, 9.17) is 19.4 Å². The van der Waals surface area contributed by atoms with E-state index in [0.29, 0.717) is 17.5 Å². The van der Waals surface area contributed by atoms with Gasteiger partial charge in [-0.1, -0.05) is 164 Å². The average molecular weight is 678 g/mol. The molecule has 8 aromatic carbocycles. The Bertz CT molecular complexity index is 2910. The molecular weight excluding hydrogens is 647 g/mol.